The van der Waals surface area contributed by atoms with Crippen molar-refractivity contribution in [1.29, 1.82) is 0 Å². The van der Waals surface area contributed by atoms with Crippen LogP contribution in [0.4, 0.5) is 4.39 Å². The fraction of sp³-hybridized carbons (Fsp3) is 0.300. The lowest BCUT2D eigenvalue weighted by molar-refractivity contribution is 0.0987. The SMILES string of the molecule is CCC(=O)c1c(Cl)cc(C=O)c(CCN(C)Cc2cccc(F)c2)c1Cl. The van der Waals surface area contributed by atoms with Gasteiger partial charge in [-0.3, -0.25) is 9.59 Å². The van der Waals surface area contributed by atoms with E-state index in [-0.39, 0.29) is 33.6 Å². The average Bonchev–Trinajstić information content (AvgIpc) is 2.60. The molecule has 2 aromatic rings. The Morgan fingerprint density at radius 3 is 2.62 bits per heavy atom. The van der Waals surface area contributed by atoms with Gasteiger partial charge in [-0.1, -0.05) is 42.3 Å². The molecule has 0 unspecified atom stereocenters. The predicted molar refractivity (Wildman–Crippen MR) is 103 cm³/mol. The van der Waals surface area contributed by atoms with Crippen LogP contribution in [0.5, 0.6) is 0 Å². The first-order valence-electron chi connectivity index (χ1n) is 8.29. The largest absolute Gasteiger partial charge is 0.302 e. The maximum absolute atomic E-state index is 13.3. The molecule has 2 aromatic carbocycles. The lowest BCUT2D eigenvalue weighted by atomic mass is 9.98. The molecule has 0 heterocycles. The van der Waals surface area contributed by atoms with Gasteiger partial charge in [0.1, 0.15) is 12.1 Å². The van der Waals surface area contributed by atoms with Crippen molar-refractivity contribution in [1.82, 2.24) is 4.90 Å². The van der Waals surface area contributed by atoms with Crippen molar-refractivity contribution in [3.8, 4) is 0 Å². The first-order valence-corrected chi connectivity index (χ1v) is 9.05. The number of carbonyl (C=O) groups excluding carboxylic acids is 2. The Kier molecular flexibility index (Phi) is 7.33. The number of carbonyl (C=O) groups is 2. The lowest BCUT2D eigenvalue weighted by Crippen LogP contribution is -2.21. The van der Waals surface area contributed by atoms with Crippen LogP contribution < -0.4 is 0 Å². The average molecular weight is 396 g/mol. The molecule has 0 bridgehead atoms. The third-order valence-corrected chi connectivity index (χ3v) is 4.88. The molecular weight excluding hydrogens is 376 g/mol. The van der Waals surface area contributed by atoms with E-state index in [0.29, 0.717) is 36.9 Å². The van der Waals surface area contributed by atoms with Gasteiger partial charge in [-0.15, -0.1) is 0 Å². The minimum atomic E-state index is -0.275. The molecule has 0 saturated heterocycles. The second-order valence-electron chi connectivity index (χ2n) is 6.13. The summed E-state index contributed by atoms with van der Waals surface area (Å²) in [6, 6.07) is 7.90. The summed E-state index contributed by atoms with van der Waals surface area (Å²) in [5.74, 6) is -0.436. The summed E-state index contributed by atoms with van der Waals surface area (Å²) in [5.41, 5.74) is 2.11. The number of likely N-dealkylation sites (N-methyl/N-ethyl adjacent to an activating group) is 1. The maximum Gasteiger partial charge on any atom is 0.165 e. The van der Waals surface area contributed by atoms with E-state index in [4.69, 9.17) is 23.2 Å². The highest BCUT2D eigenvalue weighted by atomic mass is 35.5. The maximum atomic E-state index is 13.3. The summed E-state index contributed by atoms with van der Waals surface area (Å²) in [6.45, 7) is 2.87. The van der Waals surface area contributed by atoms with Crippen molar-refractivity contribution in [3.05, 3.63) is 68.4 Å². The highest BCUT2D eigenvalue weighted by Crippen LogP contribution is 2.32. The first kappa shape index (κ1) is 20.6. The summed E-state index contributed by atoms with van der Waals surface area (Å²) in [6.07, 6.45) is 1.44. The molecular formula is C20H20Cl2FNO2. The van der Waals surface area contributed by atoms with Crippen molar-refractivity contribution in [2.24, 2.45) is 0 Å². The molecule has 0 aromatic heterocycles. The van der Waals surface area contributed by atoms with Gasteiger partial charge in [0.05, 0.1) is 15.6 Å². The van der Waals surface area contributed by atoms with Crippen LogP contribution in [0.3, 0.4) is 0 Å². The molecule has 0 aliphatic heterocycles. The lowest BCUT2D eigenvalue weighted by Gasteiger charge is -2.19. The fourth-order valence-electron chi connectivity index (χ4n) is 2.80. The second-order valence-corrected chi connectivity index (χ2v) is 6.91. The van der Waals surface area contributed by atoms with Gasteiger partial charge < -0.3 is 4.90 Å². The standard InChI is InChI=1S/C20H20Cl2FNO2/c1-3-18(26)19-17(21)10-14(12-25)16(20(19)22)7-8-24(2)11-13-5-4-6-15(23)9-13/h4-6,9-10,12H,3,7-8,11H2,1-2H3. The summed E-state index contributed by atoms with van der Waals surface area (Å²) in [5, 5.41) is 0.437. The van der Waals surface area contributed by atoms with Crippen LogP contribution in [0.15, 0.2) is 30.3 Å². The Bertz CT molecular complexity index is 824. The Labute approximate surface area is 162 Å². The number of Topliss-reactive ketones (excluding diaryl/α,β-unsaturated/α-hetero) is 1. The highest BCUT2D eigenvalue weighted by Gasteiger charge is 2.20. The molecule has 2 rings (SSSR count). The first-order chi connectivity index (χ1) is 12.4. The van der Waals surface area contributed by atoms with Gasteiger partial charge in [-0.2, -0.15) is 0 Å². The molecule has 6 heteroatoms. The highest BCUT2D eigenvalue weighted by molar-refractivity contribution is 6.40. The number of ketones is 1. The Balaban J connectivity index is 2.20. The van der Waals surface area contributed by atoms with Crippen molar-refractivity contribution in [2.75, 3.05) is 13.6 Å². The summed E-state index contributed by atoms with van der Waals surface area (Å²) < 4.78 is 13.3. The number of halogens is 3. The number of hydrogen-bond donors (Lipinski definition) is 0. The van der Waals surface area contributed by atoms with Crippen LogP contribution in [0, 0.1) is 5.82 Å². The molecule has 0 N–H and O–H groups in total. The molecule has 0 radical (unpaired) electrons. The van der Waals surface area contributed by atoms with Crippen LogP contribution in [0.25, 0.3) is 0 Å². The van der Waals surface area contributed by atoms with Crippen LogP contribution in [0.1, 0.15) is 45.2 Å². The minimum absolute atomic E-state index is 0.160. The number of hydrogen-bond acceptors (Lipinski definition) is 3. The Morgan fingerprint density at radius 1 is 1.27 bits per heavy atom. The number of benzene rings is 2. The molecule has 0 aliphatic carbocycles. The van der Waals surface area contributed by atoms with Gasteiger partial charge in [0.2, 0.25) is 0 Å². The quantitative estimate of drug-likeness (QED) is 0.454. The van der Waals surface area contributed by atoms with Gasteiger partial charge in [-0.05, 0) is 42.8 Å². The van der Waals surface area contributed by atoms with Gasteiger partial charge >= 0.3 is 0 Å². The van der Waals surface area contributed by atoms with E-state index in [1.165, 1.54) is 18.2 Å². The molecule has 0 atom stereocenters. The second kappa shape index (κ2) is 9.26. The number of nitrogens with zero attached hydrogens (tertiary/aromatic N) is 1. The molecule has 26 heavy (non-hydrogen) atoms. The zero-order chi connectivity index (χ0) is 19.3. The Morgan fingerprint density at radius 2 is 2.00 bits per heavy atom. The van der Waals surface area contributed by atoms with E-state index in [2.05, 4.69) is 0 Å². The summed E-state index contributed by atoms with van der Waals surface area (Å²) in [7, 11) is 1.90. The van der Waals surface area contributed by atoms with Gasteiger partial charge in [0, 0.05) is 25.1 Å². The van der Waals surface area contributed by atoms with E-state index in [9.17, 15) is 14.0 Å². The number of rotatable bonds is 8. The summed E-state index contributed by atoms with van der Waals surface area (Å²) in [4.78, 5) is 25.5. The van der Waals surface area contributed by atoms with Gasteiger partial charge in [0.25, 0.3) is 0 Å². The molecule has 0 fully saturated rings. The van der Waals surface area contributed by atoms with Crippen LogP contribution in [0.2, 0.25) is 10.0 Å². The third-order valence-electron chi connectivity index (χ3n) is 4.17. The minimum Gasteiger partial charge on any atom is -0.302 e. The fourth-order valence-corrected chi connectivity index (χ4v) is 3.58. The van der Waals surface area contributed by atoms with Gasteiger partial charge in [-0.25, -0.2) is 4.39 Å². The molecule has 0 aliphatic rings. The van der Waals surface area contributed by atoms with Crippen molar-refractivity contribution in [3.63, 3.8) is 0 Å². The number of aldehydes is 1. The van der Waals surface area contributed by atoms with Crippen LogP contribution in [-0.2, 0) is 13.0 Å². The monoisotopic (exact) mass is 395 g/mol. The summed E-state index contributed by atoms with van der Waals surface area (Å²) >= 11 is 12.5. The van der Waals surface area contributed by atoms with Crippen LogP contribution >= 0.6 is 23.2 Å². The Hall–Kier alpha value is -1.75. The topological polar surface area (TPSA) is 37.4 Å². The molecule has 3 nitrogen and oxygen atoms in total. The van der Waals surface area contributed by atoms with E-state index in [0.717, 1.165) is 5.56 Å². The van der Waals surface area contributed by atoms with Crippen molar-refractivity contribution < 1.29 is 14.0 Å². The van der Waals surface area contributed by atoms with E-state index < -0.39 is 0 Å². The van der Waals surface area contributed by atoms with Gasteiger partial charge in [0.15, 0.2) is 5.78 Å². The molecule has 0 saturated carbocycles. The molecule has 138 valence electrons. The zero-order valence-corrected chi connectivity index (χ0v) is 16.2. The van der Waals surface area contributed by atoms with E-state index >= 15 is 0 Å². The third kappa shape index (κ3) is 4.91. The molecule has 0 spiro atoms. The zero-order valence-electron chi connectivity index (χ0n) is 14.7. The smallest absolute Gasteiger partial charge is 0.165 e. The van der Waals surface area contributed by atoms with Crippen molar-refractivity contribution >= 4 is 35.3 Å². The van der Waals surface area contributed by atoms with Crippen molar-refractivity contribution in [2.45, 2.75) is 26.3 Å². The van der Waals surface area contributed by atoms with E-state index in [1.54, 1.807) is 13.0 Å². The molecule has 0 amide bonds. The van der Waals surface area contributed by atoms with E-state index in [1.807, 2.05) is 18.0 Å². The van der Waals surface area contributed by atoms with Crippen LogP contribution in [-0.4, -0.2) is 30.6 Å². The predicted octanol–water partition coefficient (Wildman–Crippen LogP) is 5.21. The normalized spacial score (nSPS) is 11.0.